The Labute approximate surface area is 137 Å². The molecular weight excluding hydrogens is 346 g/mol. The second-order valence-electron chi connectivity index (χ2n) is 4.67. The number of methoxy groups -OCH3 is 1. The first kappa shape index (κ1) is 15.3. The van der Waals surface area contributed by atoms with Gasteiger partial charge < -0.3 is 4.74 Å². The van der Waals surface area contributed by atoms with Crippen LogP contribution in [-0.4, -0.2) is 27.9 Å². The van der Waals surface area contributed by atoms with E-state index in [-0.39, 0.29) is 23.0 Å². The minimum absolute atomic E-state index is 0.0874. The zero-order chi connectivity index (χ0) is 15.9. The summed E-state index contributed by atoms with van der Waals surface area (Å²) in [6, 6.07) is 7.93. The third-order valence-corrected chi connectivity index (χ3v) is 6.90. The van der Waals surface area contributed by atoms with Gasteiger partial charge in [0.25, 0.3) is 10.0 Å². The fourth-order valence-corrected chi connectivity index (χ4v) is 5.50. The Morgan fingerprint density at radius 2 is 2.05 bits per heavy atom. The second kappa shape index (κ2) is 5.57. The molecule has 8 heteroatoms. The number of anilines is 1. The molecule has 0 atom stereocenters. The van der Waals surface area contributed by atoms with Crippen LogP contribution in [0.1, 0.15) is 16.8 Å². The number of nitrogens with zero attached hydrogens (tertiary/aromatic N) is 1. The summed E-state index contributed by atoms with van der Waals surface area (Å²) in [7, 11) is -2.33. The van der Waals surface area contributed by atoms with Crippen LogP contribution in [-0.2, 0) is 10.0 Å². The van der Waals surface area contributed by atoms with E-state index in [1.54, 1.807) is 18.2 Å². The molecule has 0 spiro atoms. The smallest absolute Gasteiger partial charge is 0.274 e. The molecule has 0 radical (unpaired) electrons. The van der Waals surface area contributed by atoms with Gasteiger partial charge in [0.2, 0.25) is 0 Å². The Morgan fingerprint density at radius 3 is 2.68 bits per heavy atom. The number of Topliss-reactive ketones (excluding diaryl/α,β-unsaturated/α-hetero) is 1. The summed E-state index contributed by atoms with van der Waals surface area (Å²) in [6.45, 7) is 0.0874. The number of rotatable bonds is 3. The van der Waals surface area contributed by atoms with E-state index in [1.807, 2.05) is 0 Å². The molecular formula is C14H12ClNO4S2. The van der Waals surface area contributed by atoms with Crippen molar-refractivity contribution in [1.29, 1.82) is 0 Å². The van der Waals surface area contributed by atoms with Gasteiger partial charge in [0.05, 0.1) is 11.4 Å². The Bertz CT molecular complexity index is 844. The average Bonchev–Trinajstić information content (AvgIpc) is 2.94. The van der Waals surface area contributed by atoms with Crippen molar-refractivity contribution < 1.29 is 17.9 Å². The van der Waals surface area contributed by atoms with E-state index in [0.29, 0.717) is 21.3 Å². The number of carbonyl (C=O) groups is 1. The molecule has 3 rings (SSSR count). The van der Waals surface area contributed by atoms with E-state index >= 15 is 0 Å². The van der Waals surface area contributed by atoms with Crippen LogP contribution in [0.4, 0.5) is 5.69 Å². The second-order valence-corrected chi connectivity index (χ2v) is 8.47. The number of carbonyl (C=O) groups excluding carboxylic acids is 1. The van der Waals surface area contributed by atoms with Crippen molar-refractivity contribution in [2.24, 2.45) is 0 Å². The quantitative estimate of drug-likeness (QED) is 0.846. The van der Waals surface area contributed by atoms with Crippen molar-refractivity contribution in [2.45, 2.75) is 10.6 Å². The van der Waals surface area contributed by atoms with Gasteiger partial charge in [-0.1, -0.05) is 17.7 Å². The van der Waals surface area contributed by atoms with Crippen LogP contribution in [0.5, 0.6) is 5.75 Å². The predicted octanol–water partition coefficient (Wildman–Crippen LogP) is 3.19. The van der Waals surface area contributed by atoms with Gasteiger partial charge in [0.1, 0.15) is 15.6 Å². The number of para-hydroxylation sites is 1. The maximum absolute atomic E-state index is 12.8. The first-order valence-corrected chi connectivity index (χ1v) is 9.07. The lowest BCUT2D eigenvalue weighted by Crippen LogP contribution is -2.37. The van der Waals surface area contributed by atoms with Crippen molar-refractivity contribution in [1.82, 2.24) is 0 Å². The molecule has 0 unspecified atom stereocenters. The predicted molar refractivity (Wildman–Crippen MR) is 85.8 cm³/mol. The van der Waals surface area contributed by atoms with Gasteiger partial charge in [0, 0.05) is 18.5 Å². The molecule has 0 amide bonds. The lowest BCUT2D eigenvalue weighted by molar-refractivity contribution is 0.0981. The van der Waals surface area contributed by atoms with Gasteiger partial charge in [0.15, 0.2) is 5.78 Å². The van der Waals surface area contributed by atoms with Crippen molar-refractivity contribution in [3.8, 4) is 5.75 Å². The highest BCUT2D eigenvalue weighted by Crippen LogP contribution is 2.40. The van der Waals surface area contributed by atoms with Crippen LogP contribution in [0, 0.1) is 0 Å². The molecule has 0 fully saturated rings. The molecule has 0 aliphatic carbocycles. The molecule has 1 aliphatic rings. The third-order valence-electron chi connectivity index (χ3n) is 3.40. The summed E-state index contributed by atoms with van der Waals surface area (Å²) < 4.78 is 32.7. The largest absolute Gasteiger partial charge is 0.495 e. The lowest BCUT2D eigenvalue weighted by atomic mass is 10.0. The van der Waals surface area contributed by atoms with Gasteiger partial charge in [-0.25, -0.2) is 8.42 Å². The summed E-state index contributed by atoms with van der Waals surface area (Å²) in [5, 5.41) is 0. The number of fused-ring (bicyclic) bond motifs is 1. The topological polar surface area (TPSA) is 63.7 Å². The fourth-order valence-electron chi connectivity index (χ4n) is 2.40. The summed E-state index contributed by atoms with van der Waals surface area (Å²) in [5.74, 6) is 0.265. The Hall–Kier alpha value is -1.57. The molecule has 5 nitrogen and oxygen atoms in total. The number of benzene rings is 1. The van der Waals surface area contributed by atoms with Crippen molar-refractivity contribution >= 4 is 44.4 Å². The van der Waals surface area contributed by atoms with Crippen molar-refractivity contribution in [3.05, 3.63) is 40.2 Å². The fraction of sp³-hybridized carbons (Fsp3) is 0.214. The highest BCUT2D eigenvalue weighted by Gasteiger charge is 2.35. The highest BCUT2D eigenvalue weighted by atomic mass is 35.5. The first-order chi connectivity index (χ1) is 10.4. The Kier molecular flexibility index (Phi) is 3.88. The normalized spacial score (nSPS) is 14.8. The van der Waals surface area contributed by atoms with E-state index in [4.69, 9.17) is 16.3 Å². The van der Waals surface area contributed by atoms with E-state index < -0.39 is 10.0 Å². The minimum Gasteiger partial charge on any atom is -0.495 e. The van der Waals surface area contributed by atoms with Gasteiger partial charge in [-0.05, 0) is 24.3 Å². The zero-order valence-electron chi connectivity index (χ0n) is 11.6. The Balaban J connectivity index is 2.19. The standard InChI is InChI=1S/C14H12ClNO4S2/c1-20-11-4-2-3-9-10(17)7-8-16(14(9)11)22(18,19)13-6-5-12(15)21-13/h2-6H,7-8H2,1H3. The summed E-state index contributed by atoms with van der Waals surface area (Å²) in [4.78, 5) is 12.1. The number of sulfonamides is 1. The molecule has 1 aromatic carbocycles. The summed E-state index contributed by atoms with van der Waals surface area (Å²) in [6.07, 6.45) is 0.137. The molecule has 1 aliphatic heterocycles. The van der Waals surface area contributed by atoms with Gasteiger partial charge >= 0.3 is 0 Å². The van der Waals surface area contributed by atoms with E-state index in [0.717, 1.165) is 11.3 Å². The van der Waals surface area contributed by atoms with E-state index in [9.17, 15) is 13.2 Å². The van der Waals surface area contributed by atoms with Crippen LogP contribution < -0.4 is 9.04 Å². The number of thiophene rings is 1. The molecule has 0 bridgehead atoms. The first-order valence-electron chi connectivity index (χ1n) is 6.43. The number of hydrogen-bond donors (Lipinski definition) is 0. The third kappa shape index (κ3) is 2.39. The van der Waals surface area contributed by atoms with Gasteiger partial charge in [-0.3, -0.25) is 9.10 Å². The van der Waals surface area contributed by atoms with Crippen molar-refractivity contribution in [2.75, 3.05) is 18.0 Å². The number of ether oxygens (including phenoxy) is 1. The monoisotopic (exact) mass is 357 g/mol. The molecule has 0 saturated heterocycles. The minimum atomic E-state index is -3.78. The molecule has 0 saturated carbocycles. The molecule has 116 valence electrons. The van der Waals surface area contributed by atoms with Gasteiger partial charge in [-0.2, -0.15) is 0 Å². The maximum atomic E-state index is 12.8. The number of hydrogen-bond acceptors (Lipinski definition) is 5. The van der Waals surface area contributed by atoms with Crippen LogP contribution in [0.15, 0.2) is 34.5 Å². The molecule has 0 N–H and O–H groups in total. The average molecular weight is 358 g/mol. The zero-order valence-corrected chi connectivity index (χ0v) is 14.0. The van der Waals surface area contributed by atoms with Crippen LogP contribution in [0.3, 0.4) is 0 Å². The van der Waals surface area contributed by atoms with E-state index in [2.05, 4.69) is 0 Å². The molecule has 22 heavy (non-hydrogen) atoms. The lowest BCUT2D eigenvalue weighted by Gasteiger charge is -2.30. The van der Waals surface area contributed by atoms with Crippen molar-refractivity contribution in [3.63, 3.8) is 0 Å². The SMILES string of the molecule is COc1cccc2c1N(S(=O)(=O)c1ccc(Cl)s1)CCC2=O. The van der Waals surface area contributed by atoms with Crippen LogP contribution in [0.2, 0.25) is 4.34 Å². The summed E-state index contributed by atoms with van der Waals surface area (Å²) >= 11 is 6.83. The molecule has 2 heterocycles. The van der Waals surface area contributed by atoms with Crippen LogP contribution >= 0.6 is 22.9 Å². The van der Waals surface area contributed by atoms with Crippen LogP contribution in [0.25, 0.3) is 0 Å². The Morgan fingerprint density at radius 1 is 1.27 bits per heavy atom. The summed E-state index contributed by atoms with van der Waals surface area (Å²) in [5.41, 5.74) is 0.655. The molecule has 2 aromatic rings. The van der Waals surface area contributed by atoms with Gasteiger partial charge in [-0.15, -0.1) is 11.3 Å². The number of halogens is 1. The van der Waals surface area contributed by atoms with E-state index in [1.165, 1.54) is 23.5 Å². The number of ketones is 1. The molecule has 1 aromatic heterocycles. The maximum Gasteiger partial charge on any atom is 0.274 e. The highest BCUT2D eigenvalue weighted by molar-refractivity contribution is 7.94.